The summed E-state index contributed by atoms with van der Waals surface area (Å²) in [5.74, 6) is 0. The van der Waals surface area contributed by atoms with E-state index in [4.69, 9.17) is 0 Å². The Morgan fingerprint density at radius 1 is 0.297 bits per heavy atom. The summed E-state index contributed by atoms with van der Waals surface area (Å²) in [6, 6.07) is 87.5. The normalized spacial score (nSPS) is 12.7. The predicted octanol–water partition coefficient (Wildman–Crippen LogP) is 17.6. The van der Waals surface area contributed by atoms with Crippen LogP contribution in [0.5, 0.6) is 0 Å². The van der Waals surface area contributed by atoms with Gasteiger partial charge in [-0.15, -0.1) is 0 Å². The fourth-order valence-electron chi connectivity index (χ4n) is 10.5. The van der Waals surface area contributed by atoms with Crippen molar-refractivity contribution >= 4 is 49.4 Å². The topological polar surface area (TPSA) is 3.24 Å². The lowest BCUT2D eigenvalue weighted by Crippen LogP contribution is -2.17. The van der Waals surface area contributed by atoms with Gasteiger partial charge < -0.3 is 4.90 Å². The van der Waals surface area contributed by atoms with Crippen molar-refractivity contribution in [3.63, 3.8) is 0 Å². The maximum absolute atomic E-state index is 2.53. The van der Waals surface area contributed by atoms with Crippen molar-refractivity contribution in [1.29, 1.82) is 0 Å². The fourth-order valence-corrected chi connectivity index (χ4v) is 10.5. The highest BCUT2D eigenvalue weighted by atomic mass is 15.1. The summed E-state index contributed by atoms with van der Waals surface area (Å²) in [7, 11) is 0. The highest BCUT2D eigenvalue weighted by Crippen LogP contribution is 2.53. The van der Waals surface area contributed by atoms with Gasteiger partial charge in [-0.2, -0.15) is 0 Å². The van der Waals surface area contributed by atoms with Gasteiger partial charge in [0.25, 0.3) is 0 Å². The number of anilines is 3. The van der Waals surface area contributed by atoms with E-state index in [9.17, 15) is 0 Å². The minimum Gasteiger partial charge on any atom is -0.310 e. The van der Waals surface area contributed by atoms with E-state index in [1.807, 2.05) is 0 Å². The van der Waals surface area contributed by atoms with Gasteiger partial charge in [0.05, 0.1) is 5.69 Å². The summed E-state index contributed by atoms with van der Waals surface area (Å²) in [6.45, 7) is 4.75. The Kier molecular flexibility index (Phi) is 8.91. The molecular weight excluding hydrogens is 771 g/mol. The van der Waals surface area contributed by atoms with Gasteiger partial charge in [0, 0.05) is 22.4 Å². The Balaban J connectivity index is 1.18. The highest BCUT2D eigenvalue weighted by Gasteiger charge is 2.36. The monoisotopic (exact) mass is 815 g/mol. The Morgan fingerprint density at radius 3 is 1.66 bits per heavy atom. The fraction of sp³-hybridized carbons (Fsp3) is 0.0476. The van der Waals surface area contributed by atoms with Crippen LogP contribution in [0.15, 0.2) is 237 Å². The molecule has 0 N–H and O–H groups in total. The molecule has 0 saturated carbocycles. The van der Waals surface area contributed by atoms with Crippen LogP contribution in [0, 0.1) is 0 Å². The number of fused-ring (bicyclic) bond motifs is 7. The molecule has 1 aliphatic carbocycles. The van der Waals surface area contributed by atoms with Gasteiger partial charge in [0.2, 0.25) is 0 Å². The second-order valence-corrected chi connectivity index (χ2v) is 17.7. The zero-order valence-electron chi connectivity index (χ0n) is 36.0. The molecule has 64 heavy (non-hydrogen) atoms. The third kappa shape index (κ3) is 6.15. The Bertz CT molecular complexity index is 3580. The molecule has 0 heterocycles. The molecule has 0 atom stereocenters. The molecule has 0 aromatic heterocycles. The first-order chi connectivity index (χ1) is 31.5. The first-order valence-corrected chi connectivity index (χ1v) is 22.3. The summed E-state index contributed by atoms with van der Waals surface area (Å²) in [5, 5.41) is 7.43. The smallest absolute Gasteiger partial charge is 0.0546 e. The van der Waals surface area contributed by atoms with Crippen molar-refractivity contribution in [3.05, 3.63) is 248 Å². The maximum atomic E-state index is 2.53. The van der Waals surface area contributed by atoms with Crippen LogP contribution in [0.25, 0.3) is 88.0 Å². The van der Waals surface area contributed by atoms with Crippen LogP contribution in [-0.4, -0.2) is 0 Å². The lowest BCUT2D eigenvalue weighted by Gasteiger charge is -2.31. The van der Waals surface area contributed by atoms with Crippen molar-refractivity contribution < 1.29 is 0 Å². The quantitative estimate of drug-likeness (QED) is 0.145. The van der Waals surface area contributed by atoms with Crippen molar-refractivity contribution in [2.75, 3.05) is 4.90 Å². The van der Waals surface area contributed by atoms with E-state index in [0.29, 0.717) is 0 Å². The van der Waals surface area contributed by atoms with E-state index in [-0.39, 0.29) is 5.41 Å². The molecule has 0 saturated heterocycles. The van der Waals surface area contributed by atoms with Crippen LogP contribution in [0.4, 0.5) is 17.1 Å². The molecule has 302 valence electrons. The van der Waals surface area contributed by atoms with Gasteiger partial charge in [-0.1, -0.05) is 208 Å². The number of rotatable bonds is 7. The van der Waals surface area contributed by atoms with E-state index < -0.39 is 0 Å². The zero-order valence-corrected chi connectivity index (χ0v) is 36.0. The van der Waals surface area contributed by atoms with Crippen molar-refractivity contribution in [2.45, 2.75) is 19.3 Å². The van der Waals surface area contributed by atoms with Gasteiger partial charge >= 0.3 is 0 Å². The van der Waals surface area contributed by atoms with E-state index >= 15 is 0 Å². The summed E-state index contributed by atoms with van der Waals surface area (Å²) in [6.07, 6.45) is 0. The van der Waals surface area contributed by atoms with E-state index in [2.05, 4.69) is 255 Å². The van der Waals surface area contributed by atoms with Crippen LogP contribution in [-0.2, 0) is 5.41 Å². The first kappa shape index (κ1) is 37.7. The Hall–Kier alpha value is -8.00. The summed E-state index contributed by atoms with van der Waals surface area (Å²) in [5.41, 5.74) is 18.0. The van der Waals surface area contributed by atoms with Crippen LogP contribution in [0.2, 0.25) is 0 Å². The molecule has 0 amide bonds. The largest absolute Gasteiger partial charge is 0.310 e. The molecule has 0 aliphatic heterocycles. The van der Waals surface area contributed by atoms with Gasteiger partial charge in [-0.05, 0) is 136 Å². The second kappa shape index (κ2) is 15.1. The third-order valence-electron chi connectivity index (χ3n) is 13.6. The number of hydrogen-bond donors (Lipinski definition) is 0. The Labute approximate surface area is 375 Å². The van der Waals surface area contributed by atoms with E-state index in [0.717, 1.165) is 17.1 Å². The van der Waals surface area contributed by atoms with Gasteiger partial charge in [0.1, 0.15) is 0 Å². The summed E-state index contributed by atoms with van der Waals surface area (Å²) in [4.78, 5) is 2.53. The van der Waals surface area contributed by atoms with Crippen molar-refractivity contribution in [3.8, 4) is 55.6 Å². The zero-order chi connectivity index (χ0) is 42.8. The second-order valence-electron chi connectivity index (χ2n) is 17.7. The minimum absolute atomic E-state index is 0.174. The SMILES string of the molecule is CC1(C)c2ccccc2-c2ccc(N(c3ccc(-c4ccccc4)c(-c4ccccc4)c3)c3cccc(-c4cc5ccccc5c5ccccc45)c3-c3ccc4ccccc4c3)cc21. The van der Waals surface area contributed by atoms with Crippen molar-refractivity contribution in [1.82, 2.24) is 0 Å². The minimum atomic E-state index is -0.174. The molecule has 0 unspecified atom stereocenters. The molecular formula is C63H45N. The van der Waals surface area contributed by atoms with E-state index in [1.165, 1.54) is 99.1 Å². The molecule has 1 nitrogen and oxygen atoms in total. The number of hydrogen-bond acceptors (Lipinski definition) is 1. The van der Waals surface area contributed by atoms with Crippen LogP contribution >= 0.6 is 0 Å². The first-order valence-electron chi connectivity index (χ1n) is 22.3. The molecule has 1 heteroatoms. The van der Waals surface area contributed by atoms with Crippen LogP contribution in [0.1, 0.15) is 25.0 Å². The number of benzene rings is 11. The van der Waals surface area contributed by atoms with Crippen molar-refractivity contribution in [2.24, 2.45) is 0 Å². The maximum Gasteiger partial charge on any atom is 0.0546 e. The predicted molar refractivity (Wildman–Crippen MR) is 273 cm³/mol. The highest BCUT2D eigenvalue weighted by molar-refractivity contribution is 6.16. The lowest BCUT2D eigenvalue weighted by atomic mass is 9.82. The van der Waals surface area contributed by atoms with Gasteiger partial charge in [0.15, 0.2) is 0 Å². The van der Waals surface area contributed by atoms with Crippen LogP contribution < -0.4 is 4.90 Å². The van der Waals surface area contributed by atoms with Gasteiger partial charge in [-0.25, -0.2) is 0 Å². The molecule has 12 rings (SSSR count). The average Bonchev–Trinajstić information content (AvgIpc) is 3.59. The Morgan fingerprint density at radius 2 is 0.875 bits per heavy atom. The molecule has 0 fully saturated rings. The molecule has 0 radical (unpaired) electrons. The third-order valence-corrected chi connectivity index (χ3v) is 13.6. The summed E-state index contributed by atoms with van der Waals surface area (Å²) < 4.78 is 0. The molecule has 0 bridgehead atoms. The molecule has 0 spiro atoms. The lowest BCUT2D eigenvalue weighted by molar-refractivity contribution is 0.660. The number of nitrogens with zero attached hydrogens (tertiary/aromatic N) is 1. The standard InChI is InChI=1S/C63H45N/c1-63(2)59-30-16-15-28-54(59)55-37-35-49(41-60(55)63)64(48-34-36-51(43-19-5-3-6-20-43)57(40-48)44-21-7-4-8-22-44)61-31-17-29-56(62(61)47-33-32-42-18-9-10-23-45(42)38-47)58-39-46-24-11-12-25-50(46)52-26-13-14-27-53(52)58/h3-41H,1-2H3. The molecule has 11 aromatic carbocycles. The van der Waals surface area contributed by atoms with E-state index in [1.54, 1.807) is 0 Å². The molecule has 1 aliphatic rings. The summed E-state index contributed by atoms with van der Waals surface area (Å²) >= 11 is 0. The van der Waals surface area contributed by atoms with Gasteiger partial charge in [-0.3, -0.25) is 0 Å². The average molecular weight is 816 g/mol. The van der Waals surface area contributed by atoms with Crippen LogP contribution in [0.3, 0.4) is 0 Å². The molecule has 11 aromatic rings.